The van der Waals surface area contributed by atoms with Gasteiger partial charge in [0, 0.05) is 18.8 Å². The Bertz CT molecular complexity index is 831. The van der Waals surface area contributed by atoms with Crippen LogP contribution in [0.15, 0.2) is 64.4 Å². The maximum absolute atomic E-state index is 12.7. The minimum atomic E-state index is -0.687. The van der Waals surface area contributed by atoms with Crippen molar-refractivity contribution in [3.63, 3.8) is 0 Å². The molecule has 148 valence electrons. The van der Waals surface area contributed by atoms with Gasteiger partial charge in [-0.05, 0) is 31.2 Å². The van der Waals surface area contributed by atoms with Gasteiger partial charge in [0.1, 0.15) is 11.8 Å². The first kappa shape index (κ1) is 19.7. The van der Waals surface area contributed by atoms with Crippen LogP contribution < -0.4 is 10.6 Å². The molecule has 1 aromatic carbocycles. The standard InChI is InChI=1S/C21H25N3O4/c1-3-24(13-15-9-6-5-7-10-15)14-16-18(20(25)27-4-2)19(23-21(26)22-16)17-11-8-12-28-17/h5-12,19H,3-4,13-14H2,1-2H3,(H2,22,23,26)/t19-/m0/s1. The molecule has 0 unspecified atom stereocenters. The van der Waals surface area contributed by atoms with E-state index in [-0.39, 0.29) is 12.6 Å². The van der Waals surface area contributed by atoms with Gasteiger partial charge in [0.05, 0.1) is 18.4 Å². The summed E-state index contributed by atoms with van der Waals surface area (Å²) in [5, 5.41) is 5.55. The van der Waals surface area contributed by atoms with E-state index >= 15 is 0 Å². The second-order valence-electron chi connectivity index (χ2n) is 6.45. The van der Waals surface area contributed by atoms with Crippen molar-refractivity contribution in [3.05, 3.63) is 71.3 Å². The minimum absolute atomic E-state index is 0.246. The monoisotopic (exact) mass is 383 g/mol. The Balaban J connectivity index is 1.92. The van der Waals surface area contributed by atoms with Gasteiger partial charge in [0.15, 0.2) is 0 Å². The van der Waals surface area contributed by atoms with E-state index in [1.54, 1.807) is 19.1 Å². The van der Waals surface area contributed by atoms with Crippen LogP contribution in [-0.4, -0.2) is 36.6 Å². The molecule has 2 aromatic rings. The third kappa shape index (κ3) is 4.61. The largest absolute Gasteiger partial charge is 0.467 e. The zero-order chi connectivity index (χ0) is 19.9. The number of likely N-dealkylation sites (N-methyl/N-ethyl adjacent to an activating group) is 1. The summed E-state index contributed by atoms with van der Waals surface area (Å²) in [5.41, 5.74) is 2.05. The van der Waals surface area contributed by atoms with E-state index in [2.05, 4.69) is 27.7 Å². The van der Waals surface area contributed by atoms with E-state index in [1.807, 2.05) is 25.1 Å². The molecule has 1 atom stereocenters. The molecule has 7 nitrogen and oxygen atoms in total. The Morgan fingerprint density at radius 2 is 1.93 bits per heavy atom. The summed E-state index contributed by atoms with van der Waals surface area (Å²) >= 11 is 0. The van der Waals surface area contributed by atoms with Gasteiger partial charge in [0.2, 0.25) is 0 Å². The summed E-state index contributed by atoms with van der Waals surface area (Å²) in [5.74, 6) is 0.0173. The number of amides is 2. The summed E-state index contributed by atoms with van der Waals surface area (Å²) in [7, 11) is 0. The number of benzene rings is 1. The Morgan fingerprint density at radius 1 is 1.14 bits per heavy atom. The van der Waals surface area contributed by atoms with Gasteiger partial charge in [0.25, 0.3) is 0 Å². The SMILES string of the molecule is CCOC(=O)C1=C(CN(CC)Cc2ccccc2)NC(=O)N[C@H]1c1ccco1. The number of esters is 1. The number of hydrogen-bond acceptors (Lipinski definition) is 5. The highest BCUT2D eigenvalue weighted by Gasteiger charge is 2.35. The average molecular weight is 383 g/mol. The molecule has 0 spiro atoms. The normalized spacial score (nSPS) is 16.7. The van der Waals surface area contributed by atoms with E-state index in [0.29, 0.717) is 30.1 Å². The average Bonchev–Trinajstić information content (AvgIpc) is 3.22. The van der Waals surface area contributed by atoms with Crippen LogP contribution in [0.2, 0.25) is 0 Å². The van der Waals surface area contributed by atoms with Gasteiger partial charge >= 0.3 is 12.0 Å². The first-order chi connectivity index (χ1) is 13.6. The van der Waals surface area contributed by atoms with Crippen molar-refractivity contribution in [2.24, 2.45) is 0 Å². The van der Waals surface area contributed by atoms with Gasteiger partial charge in [-0.1, -0.05) is 37.3 Å². The number of furan rings is 1. The molecule has 3 rings (SSSR count). The number of carbonyl (C=O) groups is 2. The molecule has 1 aliphatic rings. The topological polar surface area (TPSA) is 83.8 Å². The maximum Gasteiger partial charge on any atom is 0.338 e. The Labute approximate surface area is 164 Å². The van der Waals surface area contributed by atoms with Gasteiger partial charge < -0.3 is 19.8 Å². The molecule has 0 bridgehead atoms. The van der Waals surface area contributed by atoms with Crippen LogP contribution in [0.5, 0.6) is 0 Å². The molecule has 2 amide bonds. The van der Waals surface area contributed by atoms with Crippen molar-refractivity contribution in [2.75, 3.05) is 19.7 Å². The number of nitrogens with zero attached hydrogens (tertiary/aromatic N) is 1. The van der Waals surface area contributed by atoms with Crippen LogP contribution in [0, 0.1) is 0 Å². The zero-order valence-electron chi connectivity index (χ0n) is 16.1. The molecule has 0 radical (unpaired) electrons. The molecule has 0 aliphatic carbocycles. The number of carbonyl (C=O) groups excluding carboxylic acids is 2. The Morgan fingerprint density at radius 3 is 2.57 bits per heavy atom. The highest BCUT2D eigenvalue weighted by molar-refractivity contribution is 5.95. The fourth-order valence-corrected chi connectivity index (χ4v) is 3.21. The van der Waals surface area contributed by atoms with Crippen molar-refractivity contribution in [1.82, 2.24) is 15.5 Å². The Hall–Kier alpha value is -3.06. The molecule has 1 aromatic heterocycles. The molecule has 0 fully saturated rings. The number of ether oxygens (including phenoxy) is 1. The molecular weight excluding hydrogens is 358 g/mol. The molecule has 0 saturated carbocycles. The third-order valence-corrected chi connectivity index (χ3v) is 4.55. The molecule has 1 aliphatic heterocycles. The molecule has 2 N–H and O–H groups in total. The summed E-state index contributed by atoms with van der Waals surface area (Å²) in [4.78, 5) is 27.1. The van der Waals surface area contributed by atoms with Gasteiger partial charge in [-0.2, -0.15) is 0 Å². The summed E-state index contributed by atoms with van der Waals surface area (Å²) in [6.45, 7) is 5.90. The third-order valence-electron chi connectivity index (χ3n) is 4.55. The maximum atomic E-state index is 12.7. The van der Waals surface area contributed by atoms with Crippen LogP contribution in [0.4, 0.5) is 4.79 Å². The first-order valence-corrected chi connectivity index (χ1v) is 9.39. The number of rotatable bonds is 8. The van der Waals surface area contributed by atoms with Crippen LogP contribution in [-0.2, 0) is 16.1 Å². The zero-order valence-corrected chi connectivity index (χ0v) is 16.1. The van der Waals surface area contributed by atoms with Crippen molar-refractivity contribution in [1.29, 1.82) is 0 Å². The second kappa shape index (κ2) is 9.23. The molecule has 7 heteroatoms. The Kier molecular flexibility index (Phi) is 6.49. The van der Waals surface area contributed by atoms with Crippen molar-refractivity contribution in [2.45, 2.75) is 26.4 Å². The van der Waals surface area contributed by atoms with Crippen molar-refractivity contribution >= 4 is 12.0 Å². The molecule has 0 saturated heterocycles. The quantitative estimate of drug-likeness (QED) is 0.685. The van der Waals surface area contributed by atoms with E-state index in [9.17, 15) is 9.59 Å². The van der Waals surface area contributed by atoms with Gasteiger partial charge in [-0.25, -0.2) is 9.59 Å². The lowest BCUT2D eigenvalue weighted by atomic mass is 9.99. The van der Waals surface area contributed by atoms with Crippen LogP contribution in [0.3, 0.4) is 0 Å². The highest BCUT2D eigenvalue weighted by atomic mass is 16.5. The predicted octanol–water partition coefficient (Wildman–Crippen LogP) is 2.97. The minimum Gasteiger partial charge on any atom is -0.467 e. The highest BCUT2D eigenvalue weighted by Crippen LogP contribution is 2.28. The van der Waals surface area contributed by atoms with E-state index in [4.69, 9.17) is 9.15 Å². The summed E-state index contributed by atoms with van der Waals surface area (Å²) in [6, 6.07) is 12.5. The van der Waals surface area contributed by atoms with Crippen LogP contribution in [0.25, 0.3) is 0 Å². The van der Waals surface area contributed by atoms with E-state index < -0.39 is 12.0 Å². The fourth-order valence-electron chi connectivity index (χ4n) is 3.21. The molecular formula is C21H25N3O4. The van der Waals surface area contributed by atoms with E-state index in [0.717, 1.165) is 12.1 Å². The molecule has 28 heavy (non-hydrogen) atoms. The van der Waals surface area contributed by atoms with Crippen LogP contribution in [0.1, 0.15) is 31.2 Å². The van der Waals surface area contributed by atoms with Gasteiger partial charge in [-0.15, -0.1) is 0 Å². The molecule has 2 heterocycles. The van der Waals surface area contributed by atoms with Gasteiger partial charge in [-0.3, -0.25) is 4.90 Å². The number of urea groups is 1. The van der Waals surface area contributed by atoms with Crippen LogP contribution >= 0.6 is 0 Å². The summed E-state index contributed by atoms with van der Waals surface area (Å²) < 4.78 is 10.7. The summed E-state index contributed by atoms with van der Waals surface area (Å²) in [6.07, 6.45) is 1.51. The number of hydrogen-bond donors (Lipinski definition) is 2. The first-order valence-electron chi connectivity index (χ1n) is 9.39. The van der Waals surface area contributed by atoms with Crippen molar-refractivity contribution < 1.29 is 18.7 Å². The second-order valence-corrected chi connectivity index (χ2v) is 6.45. The van der Waals surface area contributed by atoms with Crippen molar-refractivity contribution in [3.8, 4) is 0 Å². The lowest BCUT2D eigenvalue weighted by molar-refractivity contribution is -0.139. The lowest BCUT2D eigenvalue weighted by Gasteiger charge is -2.30. The smallest absolute Gasteiger partial charge is 0.338 e. The lowest BCUT2D eigenvalue weighted by Crippen LogP contribution is -2.48. The predicted molar refractivity (Wildman–Crippen MR) is 104 cm³/mol. The fraction of sp³-hybridized carbons (Fsp3) is 0.333. The number of nitrogens with one attached hydrogen (secondary N) is 2. The van der Waals surface area contributed by atoms with E-state index in [1.165, 1.54) is 6.26 Å².